The first-order valence-corrected chi connectivity index (χ1v) is 11.1. The van der Waals surface area contributed by atoms with E-state index in [9.17, 15) is 81.7 Å². The summed E-state index contributed by atoms with van der Waals surface area (Å²) in [4.78, 5) is 0. The van der Waals surface area contributed by atoms with Crippen molar-refractivity contribution in [2.75, 3.05) is 0 Å². The first kappa shape index (κ1) is 25.0. The van der Waals surface area contributed by atoms with Crippen molar-refractivity contribution in [3.8, 4) is 114 Å². The van der Waals surface area contributed by atoms with Crippen LogP contribution >= 0.6 is 0 Å². The molecule has 0 aromatic heterocycles. The van der Waals surface area contributed by atoms with Crippen LogP contribution in [0.25, 0.3) is 22.3 Å². The number of aromatic hydroxyl groups is 16. The molecule has 0 aliphatic heterocycles. The highest BCUT2D eigenvalue weighted by atomic mass is 16.4. The van der Waals surface area contributed by atoms with Gasteiger partial charge in [-0.1, -0.05) is 0 Å². The molecule has 0 bridgehead atoms. The molecule has 16 nitrogen and oxygen atoms in total. The van der Waals surface area contributed by atoms with Crippen LogP contribution in [0.3, 0.4) is 0 Å². The Hall–Kier alpha value is -6.32. The monoisotopic (exact) mass is 572 g/mol. The van der Waals surface area contributed by atoms with Crippen LogP contribution in [0.1, 0.15) is 22.3 Å². The van der Waals surface area contributed by atoms with Gasteiger partial charge in [0.2, 0.25) is 46.0 Å². The molecule has 1 spiro atoms. The van der Waals surface area contributed by atoms with Crippen LogP contribution in [-0.2, 0) is 5.41 Å². The molecule has 0 saturated carbocycles. The summed E-state index contributed by atoms with van der Waals surface area (Å²) in [6.45, 7) is 0. The lowest BCUT2D eigenvalue weighted by molar-refractivity contribution is 0.333. The molecule has 2 aliphatic rings. The standard InChI is InChI=1S/C25H16O16/c26-9-1-2-6(14(31)22(39)18(35)10(2)27)25(5(1)13(30)21(38)17(9)34)7-3(11(28)19(36)23(40)15(7)32)4-8(25)16(33)24(41)20(37)12(4)29/h26-41H. The van der Waals surface area contributed by atoms with Crippen molar-refractivity contribution >= 4 is 0 Å². The molecule has 0 unspecified atom stereocenters. The van der Waals surface area contributed by atoms with Gasteiger partial charge in [-0.2, -0.15) is 0 Å². The second-order valence-corrected chi connectivity index (χ2v) is 9.33. The number of fused-ring (bicyclic) bond motifs is 10. The molecule has 212 valence electrons. The number of rotatable bonds is 0. The minimum Gasteiger partial charge on any atom is -0.504 e. The normalized spacial score (nSPS) is 13.7. The quantitative estimate of drug-likeness (QED) is 0.0900. The van der Waals surface area contributed by atoms with Crippen molar-refractivity contribution in [3.05, 3.63) is 22.3 Å². The molecule has 0 fully saturated rings. The minimum absolute atomic E-state index is 0.951. The SMILES string of the molecule is Oc1c(O)c(O)c2c(c1O)-c1c(O)c(O)c(O)c(O)c1C21c2c(O)c(O)c(O)c(O)c2-c2c(O)c(O)c(O)c(O)c21. The largest absolute Gasteiger partial charge is 0.504 e. The van der Waals surface area contributed by atoms with Gasteiger partial charge in [0.05, 0.1) is 5.41 Å². The molecular formula is C25H16O16. The Morgan fingerprint density at radius 1 is 0.195 bits per heavy atom. The summed E-state index contributed by atoms with van der Waals surface area (Å²) in [6.07, 6.45) is 0. The highest BCUT2D eigenvalue weighted by molar-refractivity contribution is 6.08. The molecule has 0 atom stereocenters. The van der Waals surface area contributed by atoms with Crippen molar-refractivity contribution < 1.29 is 81.7 Å². The van der Waals surface area contributed by atoms with Gasteiger partial charge in [-0.3, -0.25) is 0 Å². The van der Waals surface area contributed by atoms with Gasteiger partial charge in [-0.05, 0) is 0 Å². The lowest BCUT2D eigenvalue weighted by Crippen LogP contribution is -2.26. The van der Waals surface area contributed by atoms with E-state index < -0.39 is 142 Å². The van der Waals surface area contributed by atoms with Gasteiger partial charge in [0.1, 0.15) is 0 Å². The summed E-state index contributed by atoms with van der Waals surface area (Å²) in [6, 6.07) is 0. The second kappa shape index (κ2) is 7.00. The summed E-state index contributed by atoms with van der Waals surface area (Å²) in [7, 11) is 0. The molecule has 0 amide bonds. The number of hydrogen-bond acceptors (Lipinski definition) is 16. The van der Waals surface area contributed by atoms with Crippen LogP contribution in [0.2, 0.25) is 0 Å². The summed E-state index contributed by atoms with van der Waals surface area (Å²) in [5.74, 6) is -23.0. The Balaban J connectivity index is 2.10. The fraction of sp³-hybridized carbons (Fsp3) is 0.0400. The van der Waals surface area contributed by atoms with Crippen LogP contribution in [0.5, 0.6) is 92.0 Å². The number of hydrogen-bond donors (Lipinski definition) is 16. The zero-order valence-corrected chi connectivity index (χ0v) is 19.7. The van der Waals surface area contributed by atoms with Crippen LogP contribution in [0.4, 0.5) is 0 Å². The van der Waals surface area contributed by atoms with Gasteiger partial charge >= 0.3 is 0 Å². The van der Waals surface area contributed by atoms with E-state index >= 15 is 0 Å². The first-order chi connectivity index (χ1) is 19.1. The molecule has 41 heavy (non-hydrogen) atoms. The first-order valence-electron chi connectivity index (χ1n) is 11.1. The Kier molecular flexibility index (Phi) is 4.27. The van der Waals surface area contributed by atoms with Gasteiger partial charge in [0, 0.05) is 44.5 Å². The van der Waals surface area contributed by atoms with E-state index in [0.717, 1.165) is 0 Å². The molecular weight excluding hydrogens is 556 g/mol. The van der Waals surface area contributed by atoms with Crippen molar-refractivity contribution in [1.29, 1.82) is 0 Å². The number of benzene rings is 4. The number of phenols is 16. The summed E-state index contributed by atoms with van der Waals surface area (Å²) in [5, 5.41) is 171. The van der Waals surface area contributed by atoms with Gasteiger partial charge in [-0.25, -0.2) is 0 Å². The summed E-state index contributed by atoms with van der Waals surface area (Å²) >= 11 is 0. The zero-order chi connectivity index (χ0) is 30.4. The molecule has 6 rings (SSSR count). The van der Waals surface area contributed by atoms with E-state index in [4.69, 9.17) is 0 Å². The van der Waals surface area contributed by atoms with Crippen molar-refractivity contribution in [2.24, 2.45) is 0 Å². The maximum absolute atomic E-state index is 11.1. The van der Waals surface area contributed by atoms with E-state index in [0.29, 0.717) is 0 Å². The van der Waals surface area contributed by atoms with Gasteiger partial charge in [0.25, 0.3) is 0 Å². The van der Waals surface area contributed by atoms with Crippen LogP contribution in [0.15, 0.2) is 0 Å². The predicted molar refractivity (Wildman–Crippen MR) is 129 cm³/mol. The lowest BCUT2D eigenvalue weighted by atomic mass is 9.68. The molecule has 0 saturated heterocycles. The third-order valence-electron chi connectivity index (χ3n) is 7.59. The summed E-state index contributed by atoms with van der Waals surface area (Å²) < 4.78 is 0. The fourth-order valence-electron chi connectivity index (χ4n) is 5.98. The Morgan fingerprint density at radius 3 is 0.512 bits per heavy atom. The van der Waals surface area contributed by atoms with Crippen molar-refractivity contribution in [1.82, 2.24) is 0 Å². The van der Waals surface area contributed by atoms with Crippen LogP contribution < -0.4 is 0 Å². The highest BCUT2D eigenvalue weighted by Gasteiger charge is 2.63. The number of phenolic OH excluding ortho intramolecular Hbond substituents is 16. The second-order valence-electron chi connectivity index (χ2n) is 9.33. The van der Waals surface area contributed by atoms with Gasteiger partial charge in [-0.15, -0.1) is 0 Å². The molecule has 4 aromatic carbocycles. The van der Waals surface area contributed by atoms with Crippen molar-refractivity contribution in [3.63, 3.8) is 0 Å². The smallest absolute Gasteiger partial charge is 0.204 e. The van der Waals surface area contributed by atoms with E-state index in [1.165, 1.54) is 0 Å². The lowest BCUT2D eigenvalue weighted by Gasteiger charge is -2.32. The van der Waals surface area contributed by atoms with E-state index in [1.54, 1.807) is 0 Å². The molecule has 16 N–H and O–H groups in total. The average Bonchev–Trinajstić information content (AvgIpc) is 3.43. The van der Waals surface area contributed by atoms with Crippen LogP contribution in [0, 0.1) is 0 Å². The Labute approximate surface area is 224 Å². The third kappa shape index (κ3) is 2.28. The topological polar surface area (TPSA) is 324 Å². The van der Waals surface area contributed by atoms with E-state index in [2.05, 4.69) is 0 Å². The average molecular weight is 572 g/mol. The minimum atomic E-state index is -3.05. The Morgan fingerprint density at radius 2 is 0.341 bits per heavy atom. The molecule has 16 heteroatoms. The predicted octanol–water partition coefficient (Wildman–Crippen LogP) is 1.32. The maximum atomic E-state index is 11.1. The molecule has 4 aromatic rings. The van der Waals surface area contributed by atoms with Gasteiger partial charge < -0.3 is 81.7 Å². The molecule has 0 radical (unpaired) electrons. The third-order valence-corrected chi connectivity index (χ3v) is 7.59. The molecule has 0 heterocycles. The zero-order valence-electron chi connectivity index (χ0n) is 19.7. The van der Waals surface area contributed by atoms with E-state index in [1.807, 2.05) is 0 Å². The Bertz CT molecular complexity index is 1670. The van der Waals surface area contributed by atoms with Crippen molar-refractivity contribution in [2.45, 2.75) is 5.41 Å². The maximum Gasteiger partial charge on any atom is 0.204 e. The molecule has 2 aliphatic carbocycles. The van der Waals surface area contributed by atoms with Gasteiger partial charge in [0.15, 0.2) is 46.0 Å². The summed E-state index contributed by atoms with van der Waals surface area (Å²) in [5.41, 5.74) is -10.9. The fourth-order valence-corrected chi connectivity index (χ4v) is 5.98. The van der Waals surface area contributed by atoms with Crippen LogP contribution in [-0.4, -0.2) is 81.7 Å². The van der Waals surface area contributed by atoms with E-state index in [-0.39, 0.29) is 0 Å². The highest BCUT2D eigenvalue weighted by Crippen LogP contribution is 2.78.